The summed E-state index contributed by atoms with van der Waals surface area (Å²) in [5, 5.41) is 0. The number of fused-ring (bicyclic) bond motifs is 1. The van der Waals surface area contributed by atoms with Crippen molar-refractivity contribution in [3.8, 4) is 5.75 Å². The van der Waals surface area contributed by atoms with Crippen molar-refractivity contribution in [1.29, 1.82) is 0 Å². The van der Waals surface area contributed by atoms with Gasteiger partial charge in [0.05, 0.1) is 29.5 Å². The number of aromatic nitrogens is 2. The van der Waals surface area contributed by atoms with Crippen LogP contribution in [0.15, 0.2) is 60.8 Å². The van der Waals surface area contributed by atoms with Crippen molar-refractivity contribution in [3.63, 3.8) is 0 Å². The van der Waals surface area contributed by atoms with Crippen molar-refractivity contribution in [2.45, 2.75) is 6.92 Å². The van der Waals surface area contributed by atoms with E-state index >= 15 is 0 Å². The maximum atomic E-state index is 12.2. The zero-order valence-corrected chi connectivity index (χ0v) is 14.9. The normalized spacial score (nSPS) is 11.0. The van der Waals surface area contributed by atoms with E-state index in [1.165, 1.54) is 11.6 Å². The molecule has 132 valence electrons. The first-order valence-electron chi connectivity index (χ1n) is 8.46. The number of nitrogens with zero attached hydrogens (tertiary/aromatic N) is 3. The molecule has 0 unspecified atom stereocenters. The van der Waals surface area contributed by atoms with Crippen LogP contribution in [-0.2, 0) is 4.79 Å². The van der Waals surface area contributed by atoms with Gasteiger partial charge in [-0.15, -0.1) is 0 Å². The third-order valence-corrected chi connectivity index (χ3v) is 3.96. The van der Waals surface area contributed by atoms with Gasteiger partial charge in [0.2, 0.25) is 5.91 Å². The van der Waals surface area contributed by atoms with Gasteiger partial charge in [0, 0.05) is 13.1 Å². The van der Waals surface area contributed by atoms with Crippen molar-refractivity contribution in [2.24, 2.45) is 0 Å². The van der Waals surface area contributed by atoms with Crippen LogP contribution in [0.1, 0.15) is 11.3 Å². The van der Waals surface area contributed by atoms with Gasteiger partial charge < -0.3 is 9.64 Å². The fraction of sp³-hybridized carbons (Fsp3) is 0.190. The summed E-state index contributed by atoms with van der Waals surface area (Å²) in [5.41, 5.74) is 3.48. The SMILES string of the molecule is Cc1ccc(OCCN(C)C(=O)/C=C/c2cnc3ccccc3n2)cc1. The molecule has 1 amide bonds. The molecule has 26 heavy (non-hydrogen) atoms. The lowest BCUT2D eigenvalue weighted by Gasteiger charge is -2.15. The van der Waals surface area contributed by atoms with Crippen LogP contribution < -0.4 is 4.74 Å². The topological polar surface area (TPSA) is 55.3 Å². The number of benzene rings is 2. The molecule has 0 bridgehead atoms. The van der Waals surface area contributed by atoms with Gasteiger partial charge in [-0.25, -0.2) is 4.98 Å². The molecule has 1 heterocycles. The average Bonchev–Trinajstić information content (AvgIpc) is 2.67. The Balaban J connectivity index is 1.52. The minimum absolute atomic E-state index is 0.104. The van der Waals surface area contributed by atoms with E-state index in [1.807, 2.05) is 55.5 Å². The standard InChI is InChI=1S/C21H21N3O2/c1-16-7-10-18(11-8-16)26-14-13-24(2)21(25)12-9-17-15-22-19-5-3-4-6-20(19)23-17/h3-12,15H,13-14H2,1-2H3/b12-9+. The maximum absolute atomic E-state index is 12.2. The van der Waals surface area contributed by atoms with E-state index in [1.54, 1.807) is 24.2 Å². The van der Waals surface area contributed by atoms with Gasteiger partial charge in [-0.05, 0) is 37.3 Å². The Morgan fingerprint density at radius 3 is 2.62 bits per heavy atom. The number of carbonyl (C=O) groups excluding carboxylic acids is 1. The molecule has 5 nitrogen and oxygen atoms in total. The lowest BCUT2D eigenvalue weighted by atomic mass is 10.2. The van der Waals surface area contributed by atoms with Gasteiger partial charge in [0.25, 0.3) is 0 Å². The first-order valence-corrected chi connectivity index (χ1v) is 8.46. The van der Waals surface area contributed by atoms with Crippen LogP contribution in [0.3, 0.4) is 0 Å². The molecule has 3 rings (SSSR count). The average molecular weight is 347 g/mol. The summed E-state index contributed by atoms with van der Waals surface area (Å²) >= 11 is 0. The smallest absolute Gasteiger partial charge is 0.246 e. The van der Waals surface area contributed by atoms with Gasteiger partial charge in [-0.3, -0.25) is 9.78 Å². The number of ether oxygens (including phenoxy) is 1. The van der Waals surface area contributed by atoms with Gasteiger partial charge in [0.15, 0.2) is 0 Å². The minimum atomic E-state index is -0.104. The Labute approximate surface area is 153 Å². The quantitative estimate of drug-likeness (QED) is 0.641. The molecule has 0 saturated heterocycles. The highest BCUT2D eigenvalue weighted by molar-refractivity contribution is 5.91. The molecule has 0 radical (unpaired) electrons. The molecule has 0 aliphatic rings. The summed E-state index contributed by atoms with van der Waals surface area (Å²) in [7, 11) is 1.75. The van der Waals surface area contributed by atoms with E-state index in [9.17, 15) is 4.79 Å². The second-order valence-corrected chi connectivity index (χ2v) is 6.04. The largest absolute Gasteiger partial charge is 0.492 e. The first-order chi connectivity index (χ1) is 12.6. The van der Waals surface area contributed by atoms with Gasteiger partial charge >= 0.3 is 0 Å². The third-order valence-electron chi connectivity index (χ3n) is 3.96. The lowest BCUT2D eigenvalue weighted by molar-refractivity contribution is -0.125. The number of amides is 1. The van der Waals surface area contributed by atoms with E-state index in [4.69, 9.17) is 4.74 Å². The van der Waals surface area contributed by atoms with Crippen molar-refractivity contribution >= 4 is 23.0 Å². The summed E-state index contributed by atoms with van der Waals surface area (Å²) in [4.78, 5) is 22.6. The molecule has 3 aromatic rings. The van der Waals surface area contributed by atoms with E-state index in [0.717, 1.165) is 16.8 Å². The molecule has 5 heteroatoms. The molecular formula is C21H21N3O2. The zero-order valence-electron chi connectivity index (χ0n) is 14.9. The van der Waals surface area contributed by atoms with Gasteiger partial charge in [-0.2, -0.15) is 0 Å². The second-order valence-electron chi connectivity index (χ2n) is 6.04. The Morgan fingerprint density at radius 1 is 1.12 bits per heavy atom. The number of para-hydroxylation sites is 2. The predicted octanol–water partition coefficient (Wildman–Crippen LogP) is 3.49. The molecule has 0 aliphatic heterocycles. The third kappa shape index (κ3) is 4.66. The van der Waals surface area contributed by atoms with Crippen LogP contribution in [0, 0.1) is 6.92 Å². The maximum Gasteiger partial charge on any atom is 0.246 e. The summed E-state index contributed by atoms with van der Waals surface area (Å²) in [6.45, 7) is 2.97. The van der Waals surface area contributed by atoms with E-state index in [2.05, 4.69) is 9.97 Å². The zero-order chi connectivity index (χ0) is 18.4. The minimum Gasteiger partial charge on any atom is -0.492 e. The van der Waals surface area contributed by atoms with E-state index in [0.29, 0.717) is 18.8 Å². The fourth-order valence-corrected chi connectivity index (χ4v) is 2.38. The number of hydrogen-bond acceptors (Lipinski definition) is 4. The molecule has 0 saturated carbocycles. The molecule has 0 N–H and O–H groups in total. The molecule has 0 spiro atoms. The monoisotopic (exact) mass is 347 g/mol. The molecule has 2 aromatic carbocycles. The van der Waals surface area contributed by atoms with Crippen LogP contribution in [0.4, 0.5) is 0 Å². The van der Waals surface area contributed by atoms with Crippen molar-refractivity contribution in [1.82, 2.24) is 14.9 Å². The highest BCUT2D eigenvalue weighted by atomic mass is 16.5. The summed E-state index contributed by atoms with van der Waals surface area (Å²) in [6.07, 6.45) is 4.84. The van der Waals surface area contributed by atoms with Gasteiger partial charge in [0.1, 0.15) is 12.4 Å². The molecular weight excluding hydrogens is 326 g/mol. The van der Waals surface area contributed by atoms with Crippen LogP contribution >= 0.6 is 0 Å². The number of likely N-dealkylation sites (N-methyl/N-ethyl adjacent to an activating group) is 1. The van der Waals surface area contributed by atoms with Gasteiger partial charge in [-0.1, -0.05) is 29.8 Å². The van der Waals surface area contributed by atoms with E-state index in [-0.39, 0.29) is 5.91 Å². The first kappa shape index (κ1) is 17.6. The second kappa shape index (κ2) is 8.25. The Morgan fingerprint density at radius 2 is 1.85 bits per heavy atom. The Hall–Kier alpha value is -3.21. The highest BCUT2D eigenvalue weighted by Crippen LogP contribution is 2.11. The number of carbonyl (C=O) groups is 1. The lowest BCUT2D eigenvalue weighted by Crippen LogP contribution is -2.29. The summed E-state index contributed by atoms with van der Waals surface area (Å²) in [6, 6.07) is 15.5. The highest BCUT2D eigenvalue weighted by Gasteiger charge is 2.05. The number of hydrogen-bond donors (Lipinski definition) is 0. The number of rotatable bonds is 6. The molecule has 0 aliphatic carbocycles. The van der Waals surface area contributed by atoms with Crippen LogP contribution in [0.5, 0.6) is 5.75 Å². The van der Waals surface area contributed by atoms with Crippen LogP contribution in [0.25, 0.3) is 17.1 Å². The fourth-order valence-electron chi connectivity index (χ4n) is 2.38. The Kier molecular flexibility index (Phi) is 5.59. The Bertz CT molecular complexity index is 920. The van der Waals surface area contributed by atoms with Crippen LogP contribution in [0.2, 0.25) is 0 Å². The molecule has 0 fully saturated rings. The van der Waals surface area contributed by atoms with Crippen molar-refractivity contribution < 1.29 is 9.53 Å². The predicted molar refractivity (Wildman–Crippen MR) is 103 cm³/mol. The summed E-state index contributed by atoms with van der Waals surface area (Å²) < 4.78 is 5.65. The van der Waals surface area contributed by atoms with Crippen molar-refractivity contribution in [3.05, 3.63) is 72.1 Å². The molecule has 0 atom stereocenters. The number of aryl methyl sites for hydroxylation is 1. The molecule has 1 aromatic heterocycles. The van der Waals surface area contributed by atoms with Crippen LogP contribution in [-0.4, -0.2) is 41.0 Å². The van der Waals surface area contributed by atoms with Crippen molar-refractivity contribution in [2.75, 3.05) is 20.2 Å². The van der Waals surface area contributed by atoms with E-state index < -0.39 is 0 Å². The summed E-state index contributed by atoms with van der Waals surface area (Å²) in [5.74, 6) is 0.700.